The van der Waals surface area contributed by atoms with E-state index in [1.807, 2.05) is 0 Å². The number of hydrogen-bond acceptors (Lipinski definition) is 7. The second-order valence-corrected chi connectivity index (χ2v) is 7.41. The fraction of sp³-hybridized carbons (Fsp3) is 0.235. The molecule has 10 heteroatoms. The number of amides is 1. The van der Waals surface area contributed by atoms with Gasteiger partial charge in [0.1, 0.15) is 26.4 Å². The monoisotopic (exact) mass is 392 g/mol. The summed E-state index contributed by atoms with van der Waals surface area (Å²) in [5, 5.41) is 0. The summed E-state index contributed by atoms with van der Waals surface area (Å²) in [7, 11) is -3.99. The first kappa shape index (κ1) is 17.4. The van der Waals surface area contributed by atoms with Gasteiger partial charge in [-0.2, -0.15) is 0 Å². The van der Waals surface area contributed by atoms with E-state index in [0.29, 0.717) is 49.4 Å². The second-order valence-electron chi connectivity index (χ2n) is 5.72. The Hall–Kier alpha value is -2.98. The Balaban J connectivity index is 1.46. The van der Waals surface area contributed by atoms with E-state index in [2.05, 4.69) is 10.3 Å². The predicted molar refractivity (Wildman–Crippen MR) is 92.7 cm³/mol. The van der Waals surface area contributed by atoms with Crippen LogP contribution in [0.1, 0.15) is 10.4 Å². The molecule has 1 amide bonds. The van der Waals surface area contributed by atoms with Crippen molar-refractivity contribution in [3.63, 3.8) is 0 Å². The number of fused-ring (bicyclic) bond motifs is 2. The lowest BCUT2D eigenvalue weighted by Crippen LogP contribution is -2.41. The number of carbonyl (C=O) groups excluding carboxylic acids is 1. The standard InChI is InChI=1S/C17H16N2O7S/c20-17(11-1-3-13-15(9-11)25-7-5-23-13)18-19-27(21,22)12-2-4-14-16(10-12)26-8-6-24-14/h1-4,9-10,19H,5-8H2,(H,18,20). The molecule has 0 saturated carbocycles. The van der Waals surface area contributed by atoms with Crippen LogP contribution in [0.3, 0.4) is 0 Å². The molecule has 0 aromatic heterocycles. The molecule has 9 nitrogen and oxygen atoms in total. The summed E-state index contributed by atoms with van der Waals surface area (Å²) in [6.07, 6.45) is 0. The van der Waals surface area contributed by atoms with E-state index in [4.69, 9.17) is 18.9 Å². The molecule has 0 saturated heterocycles. The molecule has 2 aliphatic heterocycles. The summed E-state index contributed by atoms with van der Waals surface area (Å²) in [6, 6.07) is 8.81. The third-order valence-corrected chi connectivity index (χ3v) is 5.17. The molecule has 0 aliphatic carbocycles. The van der Waals surface area contributed by atoms with Gasteiger partial charge in [0.15, 0.2) is 23.0 Å². The van der Waals surface area contributed by atoms with Crippen molar-refractivity contribution in [3.05, 3.63) is 42.0 Å². The average Bonchev–Trinajstić information content (AvgIpc) is 2.71. The van der Waals surface area contributed by atoms with Gasteiger partial charge in [0.05, 0.1) is 4.90 Å². The summed E-state index contributed by atoms with van der Waals surface area (Å²) < 4.78 is 46.4. The van der Waals surface area contributed by atoms with Gasteiger partial charge in [-0.1, -0.05) is 0 Å². The molecule has 0 fully saturated rings. The molecule has 27 heavy (non-hydrogen) atoms. The van der Waals surface area contributed by atoms with Crippen LogP contribution >= 0.6 is 0 Å². The minimum atomic E-state index is -3.99. The number of rotatable bonds is 4. The zero-order valence-corrected chi connectivity index (χ0v) is 14.9. The first-order valence-electron chi connectivity index (χ1n) is 8.14. The van der Waals surface area contributed by atoms with Crippen molar-refractivity contribution in [1.82, 2.24) is 10.3 Å². The van der Waals surface area contributed by atoms with E-state index >= 15 is 0 Å². The van der Waals surface area contributed by atoms with Crippen LogP contribution in [-0.2, 0) is 10.0 Å². The van der Waals surface area contributed by atoms with Crippen LogP contribution in [0, 0.1) is 0 Å². The van der Waals surface area contributed by atoms with Crippen LogP contribution in [0.4, 0.5) is 0 Å². The van der Waals surface area contributed by atoms with Crippen molar-refractivity contribution in [2.45, 2.75) is 4.90 Å². The Morgan fingerprint density at radius 2 is 1.33 bits per heavy atom. The zero-order valence-electron chi connectivity index (χ0n) is 14.1. The summed E-state index contributed by atoms with van der Waals surface area (Å²) in [5.74, 6) is 1.15. The smallest absolute Gasteiger partial charge is 0.266 e. The summed E-state index contributed by atoms with van der Waals surface area (Å²) in [6.45, 7) is 1.57. The SMILES string of the molecule is O=C(NNS(=O)(=O)c1ccc2c(c1)OCCO2)c1ccc2c(c1)OCCO2. The van der Waals surface area contributed by atoms with Gasteiger partial charge in [-0.15, -0.1) is 4.83 Å². The van der Waals surface area contributed by atoms with Gasteiger partial charge in [-0.3, -0.25) is 10.2 Å². The highest BCUT2D eigenvalue weighted by molar-refractivity contribution is 7.89. The van der Waals surface area contributed by atoms with Crippen LogP contribution in [-0.4, -0.2) is 40.8 Å². The highest BCUT2D eigenvalue weighted by atomic mass is 32.2. The minimum Gasteiger partial charge on any atom is -0.486 e. The number of carbonyl (C=O) groups is 1. The van der Waals surface area contributed by atoms with Gasteiger partial charge in [0.25, 0.3) is 15.9 Å². The number of ether oxygens (including phenoxy) is 4. The van der Waals surface area contributed by atoms with Crippen molar-refractivity contribution in [2.75, 3.05) is 26.4 Å². The van der Waals surface area contributed by atoms with Gasteiger partial charge in [-0.25, -0.2) is 8.42 Å². The Bertz CT molecular complexity index is 991. The van der Waals surface area contributed by atoms with Gasteiger partial charge >= 0.3 is 0 Å². The number of hydrazine groups is 1. The van der Waals surface area contributed by atoms with E-state index in [-0.39, 0.29) is 10.5 Å². The predicted octanol–water partition coefficient (Wildman–Crippen LogP) is 0.852. The molecule has 142 valence electrons. The van der Waals surface area contributed by atoms with Crippen molar-refractivity contribution < 1.29 is 32.2 Å². The molecule has 0 radical (unpaired) electrons. The first-order chi connectivity index (χ1) is 13.0. The Kier molecular flexibility index (Phi) is 4.50. The highest BCUT2D eigenvalue weighted by Gasteiger charge is 2.21. The lowest BCUT2D eigenvalue weighted by Gasteiger charge is -2.19. The number of sulfonamides is 1. The van der Waals surface area contributed by atoms with Crippen molar-refractivity contribution >= 4 is 15.9 Å². The van der Waals surface area contributed by atoms with Crippen LogP contribution < -0.4 is 29.2 Å². The number of hydrogen-bond donors (Lipinski definition) is 2. The molecule has 2 aliphatic rings. The molecule has 2 aromatic carbocycles. The van der Waals surface area contributed by atoms with E-state index in [1.54, 1.807) is 6.07 Å². The molecule has 2 aromatic rings. The number of benzene rings is 2. The molecule has 0 spiro atoms. The van der Waals surface area contributed by atoms with Gasteiger partial charge in [-0.05, 0) is 30.3 Å². The fourth-order valence-electron chi connectivity index (χ4n) is 2.62. The fourth-order valence-corrected chi connectivity index (χ4v) is 3.47. The van der Waals surface area contributed by atoms with E-state index in [1.165, 1.54) is 30.3 Å². The van der Waals surface area contributed by atoms with Crippen molar-refractivity contribution in [2.24, 2.45) is 0 Å². The third-order valence-electron chi connectivity index (χ3n) is 3.93. The lowest BCUT2D eigenvalue weighted by atomic mass is 10.2. The van der Waals surface area contributed by atoms with E-state index < -0.39 is 15.9 Å². The molecule has 2 N–H and O–H groups in total. The van der Waals surface area contributed by atoms with Crippen LogP contribution in [0.15, 0.2) is 41.3 Å². The number of nitrogens with one attached hydrogen (secondary N) is 2. The zero-order chi connectivity index (χ0) is 18.9. The molecule has 0 bridgehead atoms. The van der Waals surface area contributed by atoms with Gasteiger partial charge in [0.2, 0.25) is 0 Å². The molecule has 4 rings (SSSR count). The maximum absolute atomic E-state index is 12.4. The van der Waals surface area contributed by atoms with Crippen LogP contribution in [0.2, 0.25) is 0 Å². The van der Waals surface area contributed by atoms with Crippen LogP contribution in [0.25, 0.3) is 0 Å². The first-order valence-corrected chi connectivity index (χ1v) is 9.63. The summed E-state index contributed by atoms with van der Waals surface area (Å²) in [4.78, 5) is 14.3. The third kappa shape index (κ3) is 3.62. The minimum absolute atomic E-state index is 0.0609. The maximum atomic E-state index is 12.4. The van der Waals surface area contributed by atoms with E-state index in [0.717, 1.165) is 0 Å². The molecular formula is C17H16N2O7S. The Morgan fingerprint density at radius 1 is 0.778 bits per heavy atom. The van der Waals surface area contributed by atoms with Crippen LogP contribution in [0.5, 0.6) is 23.0 Å². The normalized spacial score (nSPS) is 15.1. The van der Waals surface area contributed by atoms with Gasteiger partial charge < -0.3 is 18.9 Å². The molecule has 2 heterocycles. The summed E-state index contributed by atoms with van der Waals surface area (Å²) >= 11 is 0. The van der Waals surface area contributed by atoms with Gasteiger partial charge in [0, 0.05) is 11.6 Å². The van der Waals surface area contributed by atoms with Crippen molar-refractivity contribution in [1.29, 1.82) is 0 Å². The second kappa shape index (κ2) is 6.97. The average molecular weight is 392 g/mol. The largest absolute Gasteiger partial charge is 0.486 e. The quantitative estimate of drug-likeness (QED) is 0.742. The maximum Gasteiger partial charge on any atom is 0.266 e. The summed E-state index contributed by atoms with van der Waals surface area (Å²) in [5.41, 5.74) is 2.41. The van der Waals surface area contributed by atoms with Crippen molar-refractivity contribution in [3.8, 4) is 23.0 Å². The van der Waals surface area contributed by atoms with E-state index in [9.17, 15) is 13.2 Å². The highest BCUT2D eigenvalue weighted by Crippen LogP contribution is 2.32. The topological polar surface area (TPSA) is 112 Å². The Labute approximate surface area is 155 Å². The Morgan fingerprint density at radius 3 is 2.00 bits per heavy atom. The lowest BCUT2D eigenvalue weighted by molar-refractivity contribution is 0.0944. The molecule has 0 atom stereocenters. The molecular weight excluding hydrogens is 376 g/mol. The molecule has 0 unspecified atom stereocenters.